The number of benzene rings is 2. The number of halogens is 1. The van der Waals surface area contributed by atoms with Gasteiger partial charge in [0.1, 0.15) is 5.75 Å². The van der Waals surface area contributed by atoms with Crippen molar-refractivity contribution in [3.05, 3.63) is 53.1 Å². The molecule has 1 aliphatic heterocycles. The van der Waals surface area contributed by atoms with Crippen LogP contribution in [-0.2, 0) is 11.2 Å². The molecule has 0 fully saturated rings. The lowest BCUT2D eigenvalue weighted by Crippen LogP contribution is -2.29. The summed E-state index contributed by atoms with van der Waals surface area (Å²) in [5.74, 6) is 0.656. The monoisotopic (exact) mass is 305 g/mol. The maximum atomic E-state index is 12.3. The molecule has 0 unspecified atom stereocenters. The van der Waals surface area contributed by atoms with Crippen molar-refractivity contribution < 1.29 is 9.53 Å². The third-order valence-electron chi connectivity index (χ3n) is 3.09. The highest BCUT2D eigenvalue weighted by atomic mass is 35.5. The smallest absolute Gasteiger partial charge is 0.241 e. The summed E-state index contributed by atoms with van der Waals surface area (Å²) in [6.45, 7) is 0. The summed E-state index contributed by atoms with van der Waals surface area (Å²) in [4.78, 5) is 13.4. The van der Waals surface area contributed by atoms with E-state index in [0.717, 1.165) is 10.5 Å². The molecule has 0 radical (unpaired) electrons. The summed E-state index contributed by atoms with van der Waals surface area (Å²) in [6, 6.07) is 13.2. The second kappa shape index (κ2) is 5.38. The summed E-state index contributed by atoms with van der Waals surface area (Å²) < 4.78 is 6.97. The lowest BCUT2D eigenvalue weighted by Gasteiger charge is -2.28. The van der Waals surface area contributed by atoms with Gasteiger partial charge in [-0.2, -0.15) is 0 Å². The van der Waals surface area contributed by atoms with Gasteiger partial charge >= 0.3 is 0 Å². The first-order valence-corrected chi connectivity index (χ1v) is 7.26. The molecule has 0 N–H and O–H groups in total. The van der Waals surface area contributed by atoms with Crippen molar-refractivity contribution in [3.63, 3.8) is 0 Å². The number of nitrogens with zero attached hydrogens (tertiary/aromatic N) is 1. The number of hydrogen-bond acceptors (Lipinski definition) is 3. The number of hydrogen-bond donors (Lipinski definition) is 0. The van der Waals surface area contributed by atoms with Crippen LogP contribution >= 0.6 is 23.5 Å². The summed E-state index contributed by atoms with van der Waals surface area (Å²) in [5.41, 5.74) is 1.74. The van der Waals surface area contributed by atoms with E-state index >= 15 is 0 Å². The minimum absolute atomic E-state index is 0.0225. The van der Waals surface area contributed by atoms with E-state index in [4.69, 9.17) is 16.3 Å². The first kappa shape index (κ1) is 13.3. The van der Waals surface area contributed by atoms with Gasteiger partial charge < -0.3 is 4.74 Å². The molecule has 0 aromatic heterocycles. The minimum Gasteiger partial charge on any atom is -0.495 e. The maximum Gasteiger partial charge on any atom is 0.241 e. The Bertz CT molecular complexity index is 675. The predicted molar refractivity (Wildman–Crippen MR) is 81.5 cm³/mol. The number of carbonyl (C=O) groups excluding carboxylic acids is 1. The molecule has 3 rings (SSSR count). The highest BCUT2D eigenvalue weighted by molar-refractivity contribution is 8.01. The molecule has 20 heavy (non-hydrogen) atoms. The summed E-state index contributed by atoms with van der Waals surface area (Å²) in [7, 11) is 1.58. The Kier molecular flexibility index (Phi) is 3.59. The van der Waals surface area contributed by atoms with Crippen LogP contribution in [0.25, 0.3) is 0 Å². The standard InChI is InChI=1S/C15H12ClNO2S/c1-19-13-7-6-11(16)9-12(13)17-15(18)8-10-4-2-3-5-14(10)20-17/h2-7,9H,8H2,1H3. The van der Waals surface area contributed by atoms with Crippen LogP contribution in [-0.4, -0.2) is 13.0 Å². The molecule has 1 amide bonds. The predicted octanol–water partition coefficient (Wildman–Crippen LogP) is 3.95. The van der Waals surface area contributed by atoms with Crippen LogP contribution in [0.3, 0.4) is 0 Å². The van der Waals surface area contributed by atoms with E-state index in [0.29, 0.717) is 22.9 Å². The number of amides is 1. The Morgan fingerprint density at radius 1 is 1.25 bits per heavy atom. The van der Waals surface area contributed by atoms with Crippen LogP contribution in [0, 0.1) is 0 Å². The van der Waals surface area contributed by atoms with Gasteiger partial charge in [-0.15, -0.1) is 0 Å². The quantitative estimate of drug-likeness (QED) is 0.787. The van der Waals surface area contributed by atoms with E-state index in [2.05, 4.69) is 0 Å². The van der Waals surface area contributed by atoms with Crippen LogP contribution in [0.4, 0.5) is 5.69 Å². The second-order valence-electron chi connectivity index (χ2n) is 4.38. The Balaban J connectivity index is 2.03. The molecule has 0 saturated carbocycles. The zero-order chi connectivity index (χ0) is 14.1. The van der Waals surface area contributed by atoms with Gasteiger partial charge in [0, 0.05) is 9.92 Å². The molecular formula is C15H12ClNO2S. The lowest BCUT2D eigenvalue weighted by atomic mass is 10.1. The van der Waals surface area contributed by atoms with Crippen LogP contribution < -0.4 is 9.04 Å². The van der Waals surface area contributed by atoms with Crippen molar-refractivity contribution in [2.45, 2.75) is 11.3 Å². The summed E-state index contributed by atoms with van der Waals surface area (Å²) in [6.07, 6.45) is 0.388. The molecule has 1 heterocycles. The van der Waals surface area contributed by atoms with Crippen LogP contribution in [0.1, 0.15) is 5.56 Å². The molecule has 102 valence electrons. The van der Waals surface area contributed by atoms with E-state index < -0.39 is 0 Å². The maximum absolute atomic E-state index is 12.3. The fraction of sp³-hybridized carbons (Fsp3) is 0.133. The largest absolute Gasteiger partial charge is 0.495 e. The third-order valence-corrected chi connectivity index (χ3v) is 4.50. The number of fused-ring (bicyclic) bond motifs is 1. The molecule has 2 aromatic carbocycles. The number of anilines is 1. The minimum atomic E-state index is 0.0225. The highest BCUT2D eigenvalue weighted by Gasteiger charge is 2.27. The number of rotatable bonds is 2. The zero-order valence-corrected chi connectivity index (χ0v) is 12.4. The SMILES string of the molecule is COc1ccc(Cl)cc1N1Sc2ccccc2CC1=O. The van der Waals surface area contributed by atoms with Gasteiger partial charge in [-0.25, -0.2) is 4.31 Å². The van der Waals surface area contributed by atoms with Crippen molar-refractivity contribution in [1.29, 1.82) is 0 Å². The average Bonchev–Trinajstić information content (AvgIpc) is 2.46. The molecular weight excluding hydrogens is 294 g/mol. The van der Waals surface area contributed by atoms with Gasteiger partial charge in [0.05, 0.1) is 19.2 Å². The number of carbonyl (C=O) groups is 1. The zero-order valence-electron chi connectivity index (χ0n) is 10.8. The fourth-order valence-electron chi connectivity index (χ4n) is 2.13. The topological polar surface area (TPSA) is 29.5 Å². The van der Waals surface area contributed by atoms with Crippen molar-refractivity contribution in [2.24, 2.45) is 0 Å². The molecule has 1 aliphatic rings. The molecule has 5 heteroatoms. The van der Waals surface area contributed by atoms with Gasteiger partial charge in [0.15, 0.2) is 0 Å². The Morgan fingerprint density at radius 3 is 2.85 bits per heavy atom. The van der Waals surface area contributed by atoms with Crippen LogP contribution in [0.15, 0.2) is 47.4 Å². The molecule has 2 aromatic rings. The Labute approximate surface area is 126 Å². The molecule has 0 atom stereocenters. The molecule has 0 aliphatic carbocycles. The van der Waals surface area contributed by atoms with Gasteiger partial charge in [-0.3, -0.25) is 4.79 Å². The van der Waals surface area contributed by atoms with Gasteiger partial charge in [0.2, 0.25) is 5.91 Å². The van der Waals surface area contributed by atoms with E-state index in [9.17, 15) is 4.79 Å². The second-order valence-corrected chi connectivity index (χ2v) is 5.80. The fourth-order valence-corrected chi connectivity index (χ4v) is 3.30. The molecule has 0 spiro atoms. The van der Waals surface area contributed by atoms with E-state index in [1.165, 1.54) is 11.9 Å². The first-order valence-electron chi connectivity index (χ1n) is 6.11. The lowest BCUT2D eigenvalue weighted by molar-refractivity contribution is -0.116. The van der Waals surface area contributed by atoms with Crippen molar-refractivity contribution in [2.75, 3.05) is 11.4 Å². The molecule has 0 bridgehead atoms. The normalized spacial score (nSPS) is 14.1. The molecule has 0 saturated heterocycles. The third kappa shape index (κ3) is 2.37. The van der Waals surface area contributed by atoms with Crippen molar-refractivity contribution >= 4 is 35.1 Å². The van der Waals surface area contributed by atoms with E-state index in [1.54, 1.807) is 29.6 Å². The van der Waals surface area contributed by atoms with Gasteiger partial charge in [-0.05, 0) is 41.8 Å². The first-order chi connectivity index (χ1) is 9.69. The van der Waals surface area contributed by atoms with Crippen molar-refractivity contribution in [1.82, 2.24) is 0 Å². The number of ether oxygens (including phenoxy) is 1. The van der Waals surface area contributed by atoms with Crippen molar-refractivity contribution in [3.8, 4) is 5.75 Å². The van der Waals surface area contributed by atoms with Gasteiger partial charge in [-0.1, -0.05) is 29.8 Å². The van der Waals surface area contributed by atoms with Crippen LogP contribution in [0.5, 0.6) is 5.75 Å². The van der Waals surface area contributed by atoms with E-state index in [1.807, 2.05) is 24.3 Å². The summed E-state index contributed by atoms with van der Waals surface area (Å²) in [5, 5.41) is 0.577. The summed E-state index contributed by atoms with van der Waals surface area (Å²) >= 11 is 7.44. The van der Waals surface area contributed by atoms with Gasteiger partial charge in [0.25, 0.3) is 0 Å². The Hall–Kier alpha value is -1.65. The Morgan fingerprint density at radius 2 is 2.05 bits per heavy atom. The highest BCUT2D eigenvalue weighted by Crippen LogP contribution is 2.41. The van der Waals surface area contributed by atoms with Crippen LogP contribution in [0.2, 0.25) is 5.02 Å². The van der Waals surface area contributed by atoms with E-state index in [-0.39, 0.29) is 5.91 Å². The average molecular weight is 306 g/mol. The number of methoxy groups -OCH3 is 1. The molecule has 3 nitrogen and oxygen atoms in total.